The molecule has 2 rings (SSSR count). The number of halogens is 2. The molecule has 1 aromatic heterocycles. The molecule has 0 aliphatic heterocycles. The van der Waals surface area contributed by atoms with Crippen molar-refractivity contribution < 1.29 is 0 Å². The van der Waals surface area contributed by atoms with Gasteiger partial charge in [0.05, 0.1) is 4.83 Å². The van der Waals surface area contributed by atoms with Crippen molar-refractivity contribution in [1.29, 1.82) is 0 Å². The topological polar surface area (TPSA) is 25.8 Å². The van der Waals surface area contributed by atoms with Crippen molar-refractivity contribution in [1.82, 2.24) is 10.2 Å². The van der Waals surface area contributed by atoms with Crippen molar-refractivity contribution in [3.8, 4) is 10.6 Å². The third-order valence-electron chi connectivity index (χ3n) is 2.36. The number of alkyl halides is 1. The van der Waals surface area contributed by atoms with Gasteiger partial charge < -0.3 is 0 Å². The van der Waals surface area contributed by atoms with E-state index in [1.165, 1.54) is 0 Å². The molecule has 0 bridgehead atoms. The fourth-order valence-corrected chi connectivity index (χ4v) is 3.07. The average Bonchev–Trinajstić information content (AvgIpc) is 2.76. The summed E-state index contributed by atoms with van der Waals surface area (Å²) < 4.78 is 0. The average molecular weight is 332 g/mol. The molecule has 0 aliphatic rings. The van der Waals surface area contributed by atoms with Crippen molar-refractivity contribution in [3.05, 3.63) is 33.8 Å². The second kappa shape index (κ2) is 5.46. The summed E-state index contributed by atoms with van der Waals surface area (Å²) in [6.45, 7) is 4.14. The van der Waals surface area contributed by atoms with Crippen LogP contribution in [0.4, 0.5) is 0 Å². The van der Waals surface area contributed by atoms with Gasteiger partial charge in [-0.05, 0) is 37.1 Å². The van der Waals surface area contributed by atoms with Crippen molar-refractivity contribution in [2.75, 3.05) is 0 Å². The molecule has 1 heterocycles. The molecule has 0 saturated heterocycles. The van der Waals surface area contributed by atoms with Crippen LogP contribution in [0.25, 0.3) is 10.6 Å². The molecule has 0 fully saturated rings. The highest BCUT2D eigenvalue weighted by Crippen LogP contribution is 2.33. The minimum Gasteiger partial charge on any atom is -0.142 e. The van der Waals surface area contributed by atoms with Crippen molar-refractivity contribution in [2.24, 2.45) is 0 Å². The summed E-state index contributed by atoms with van der Waals surface area (Å²) in [5, 5.41) is 11.1. The summed E-state index contributed by atoms with van der Waals surface area (Å²) in [7, 11) is 0. The first kappa shape index (κ1) is 13.0. The number of rotatable bonds is 3. The van der Waals surface area contributed by atoms with Gasteiger partial charge in [0.2, 0.25) is 0 Å². The second-order valence-corrected chi connectivity index (χ2v) is 6.39. The standard InChI is InChI=1S/C12H12BrClN2S/c1-3-10(13)12-16-15-11(17-12)8-4-7(2)5-9(14)6-8/h4-6,10H,3H2,1-2H3. The summed E-state index contributed by atoms with van der Waals surface area (Å²) in [6.07, 6.45) is 1.00. The van der Waals surface area contributed by atoms with E-state index in [4.69, 9.17) is 11.6 Å². The molecule has 0 amide bonds. The van der Waals surface area contributed by atoms with Gasteiger partial charge in [-0.2, -0.15) is 0 Å². The highest BCUT2D eigenvalue weighted by Gasteiger charge is 2.13. The van der Waals surface area contributed by atoms with Gasteiger partial charge in [0.15, 0.2) is 0 Å². The zero-order valence-corrected chi connectivity index (χ0v) is 12.7. The van der Waals surface area contributed by atoms with Crippen LogP contribution in [0.5, 0.6) is 0 Å². The molecule has 0 aliphatic carbocycles. The Morgan fingerprint density at radius 1 is 1.35 bits per heavy atom. The van der Waals surface area contributed by atoms with Crippen LogP contribution >= 0.6 is 38.9 Å². The summed E-state index contributed by atoms with van der Waals surface area (Å²) in [5.74, 6) is 0. The first-order valence-electron chi connectivity index (χ1n) is 5.35. The predicted octanol–water partition coefficient (Wildman–Crippen LogP) is 5.01. The van der Waals surface area contributed by atoms with Gasteiger partial charge >= 0.3 is 0 Å². The van der Waals surface area contributed by atoms with E-state index in [2.05, 4.69) is 39.1 Å². The molecule has 1 unspecified atom stereocenters. The van der Waals surface area contributed by atoms with Crippen LogP contribution in [-0.4, -0.2) is 10.2 Å². The van der Waals surface area contributed by atoms with E-state index in [1.54, 1.807) is 11.3 Å². The maximum atomic E-state index is 6.04. The first-order valence-corrected chi connectivity index (χ1v) is 7.46. The lowest BCUT2D eigenvalue weighted by atomic mass is 10.1. The lowest BCUT2D eigenvalue weighted by Crippen LogP contribution is -1.85. The molecule has 0 saturated carbocycles. The van der Waals surface area contributed by atoms with Gasteiger partial charge in [-0.15, -0.1) is 10.2 Å². The Morgan fingerprint density at radius 3 is 2.76 bits per heavy atom. The molecule has 2 aromatic rings. The fourth-order valence-electron chi connectivity index (χ4n) is 1.51. The minimum atomic E-state index is 0.286. The van der Waals surface area contributed by atoms with E-state index in [9.17, 15) is 0 Å². The predicted molar refractivity (Wildman–Crippen MR) is 77.1 cm³/mol. The molecule has 17 heavy (non-hydrogen) atoms. The Labute approximate surface area is 118 Å². The summed E-state index contributed by atoms with van der Waals surface area (Å²) in [5.41, 5.74) is 2.17. The Morgan fingerprint density at radius 2 is 2.12 bits per heavy atom. The van der Waals surface area contributed by atoms with Crippen LogP contribution in [0.1, 0.15) is 28.7 Å². The number of hydrogen-bond acceptors (Lipinski definition) is 3. The number of benzene rings is 1. The fraction of sp³-hybridized carbons (Fsp3) is 0.333. The number of aryl methyl sites for hydroxylation is 1. The van der Waals surface area contributed by atoms with Crippen molar-refractivity contribution in [3.63, 3.8) is 0 Å². The number of nitrogens with zero attached hydrogens (tertiary/aromatic N) is 2. The SMILES string of the molecule is CCC(Br)c1nnc(-c2cc(C)cc(Cl)c2)s1. The number of hydrogen-bond donors (Lipinski definition) is 0. The van der Waals surface area contributed by atoms with E-state index in [-0.39, 0.29) is 4.83 Å². The van der Waals surface area contributed by atoms with Gasteiger partial charge in [0.25, 0.3) is 0 Å². The molecule has 2 nitrogen and oxygen atoms in total. The largest absolute Gasteiger partial charge is 0.147 e. The van der Waals surface area contributed by atoms with Crippen LogP contribution < -0.4 is 0 Å². The molecule has 5 heteroatoms. The maximum Gasteiger partial charge on any atom is 0.147 e. The van der Waals surface area contributed by atoms with Gasteiger partial charge in [0.1, 0.15) is 10.0 Å². The smallest absolute Gasteiger partial charge is 0.142 e. The highest BCUT2D eigenvalue weighted by molar-refractivity contribution is 9.09. The monoisotopic (exact) mass is 330 g/mol. The van der Waals surface area contributed by atoms with Crippen LogP contribution in [0.3, 0.4) is 0 Å². The third-order valence-corrected chi connectivity index (χ3v) is 5.04. The molecular formula is C12H12BrClN2S. The zero-order valence-electron chi connectivity index (χ0n) is 9.58. The molecule has 1 aromatic carbocycles. The molecule has 0 radical (unpaired) electrons. The van der Waals surface area contributed by atoms with Crippen LogP contribution in [0, 0.1) is 6.92 Å². The second-order valence-electron chi connectivity index (χ2n) is 3.84. The number of aromatic nitrogens is 2. The van der Waals surface area contributed by atoms with E-state index >= 15 is 0 Å². The van der Waals surface area contributed by atoms with E-state index in [0.717, 1.165) is 32.6 Å². The van der Waals surface area contributed by atoms with Crippen molar-refractivity contribution >= 4 is 38.9 Å². The van der Waals surface area contributed by atoms with E-state index in [0.29, 0.717) is 0 Å². The van der Waals surface area contributed by atoms with Gasteiger partial charge in [-0.1, -0.05) is 45.8 Å². The Kier molecular flexibility index (Phi) is 4.17. The quantitative estimate of drug-likeness (QED) is 0.739. The highest BCUT2D eigenvalue weighted by atomic mass is 79.9. The molecular weight excluding hydrogens is 320 g/mol. The lowest BCUT2D eigenvalue weighted by Gasteiger charge is -2.00. The summed E-state index contributed by atoms with van der Waals surface area (Å²) >= 11 is 11.2. The Hall–Kier alpha value is -0.450. The lowest BCUT2D eigenvalue weighted by molar-refractivity contribution is 0.870. The molecule has 1 atom stereocenters. The van der Waals surface area contributed by atoms with E-state index < -0.39 is 0 Å². The molecule has 90 valence electrons. The van der Waals surface area contributed by atoms with Crippen LogP contribution in [-0.2, 0) is 0 Å². The molecule has 0 spiro atoms. The van der Waals surface area contributed by atoms with Crippen LogP contribution in [0.2, 0.25) is 5.02 Å². The normalized spacial score (nSPS) is 12.7. The third kappa shape index (κ3) is 3.06. The maximum absolute atomic E-state index is 6.04. The Balaban J connectivity index is 2.36. The minimum absolute atomic E-state index is 0.286. The zero-order chi connectivity index (χ0) is 12.4. The van der Waals surface area contributed by atoms with Crippen LogP contribution in [0.15, 0.2) is 18.2 Å². The first-order chi connectivity index (χ1) is 8.10. The van der Waals surface area contributed by atoms with Gasteiger partial charge in [0, 0.05) is 10.6 Å². The van der Waals surface area contributed by atoms with E-state index in [1.807, 2.05) is 19.1 Å². The Bertz CT molecular complexity index is 507. The van der Waals surface area contributed by atoms with Gasteiger partial charge in [-0.25, -0.2) is 0 Å². The summed E-state index contributed by atoms with van der Waals surface area (Å²) in [6, 6.07) is 5.94. The summed E-state index contributed by atoms with van der Waals surface area (Å²) in [4.78, 5) is 0.286. The molecule has 0 N–H and O–H groups in total. The van der Waals surface area contributed by atoms with Gasteiger partial charge in [-0.3, -0.25) is 0 Å². The van der Waals surface area contributed by atoms with Crippen molar-refractivity contribution in [2.45, 2.75) is 25.1 Å².